The van der Waals surface area contributed by atoms with Gasteiger partial charge in [-0.3, -0.25) is 4.98 Å². The highest BCUT2D eigenvalue weighted by Crippen LogP contribution is 2.38. The Balaban J connectivity index is 1.32. The Morgan fingerprint density at radius 1 is 0.462 bits per heavy atom. The topological polar surface area (TPSA) is 17.8 Å². The van der Waals surface area contributed by atoms with Crippen molar-refractivity contribution in [3.63, 3.8) is 0 Å². The molecule has 2 nitrogen and oxygen atoms in total. The van der Waals surface area contributed by atoms with Crippen LogP contribution in [0.4, 0.5) is 0 Å². The Kier molecular flexibility index (Phi) is 4.86. The van der Waals surface area contributed by atoms with Crippen molar-refractivity contribution in [2.24, 2.45) is 0 Å². The summed E-state index contributed by atoms with van der Waals surface area (Å²) in [6, 6.07) is 49.8. The first-order chi connectivity index (χ1) is 19.3. The third-order valence-electron chi connectivity index (χ3n) is 7.83. The van der Waals surface area contributed by atoms with Gasteiger partial charge in [0.05, 0.1) is 16.7 Å². The number of fused-ring (bicyclic) bond motifs is 6. The average molecular weight is 497 g/mol. The van der Waals surface area contributed by atoms with E-state index >= 15 is 0 Å². The Labute approximate surface area is 226 Å². The molecule has 2 heteroatoms. The molecule has 0 N–H and O–H groups in total. The van der Waals surface area contributed by atoms with E-state index in [9.17, 15) is 0 Å². The summed E-state index contributed by atoms with van der Waals surface area (Å²) in [6.45, 7) is 0. The van der Waals surface area contributed by atoms with Crippen LogP contribution in [0.2, 0.25) is 0 Å². The Bertz CT molecular complexity index is 2150. The van der Waals surface area contributed by atoms with Crippen molar-refractivity contribution in [2.45, 2.75) is 0 Å². The van der Waals surface area contributed by atoms with E-state index in [0.717, 1.165) is 22.5 Å². The van der Waals surface area contributed by atoms with Gasteiger partial charge < -0.3 is 4.57 Å². The van der Waals surface area contributed by atoms with Crippen LogP contribution in [0, 0.1) is 0 Å². The summed E-state index contributed by atoms with van der Waals surface area (Å²) in [5, 5.41) is 7.53. The average Bonchev–Trinajstić information content (AvgIpc) is 3.35. The van der Waals surface area contributed by atoms with Gasteiger partial charge in [0, 0.05) is 33.8 Å². The van der Waals surface area contributed by atoms with Gasteiger partial charge in [0.25, 0.3) is 0 Å². The second-order valence-electron chi connectivity index (χ2n) is 10.0. The van der Waals surface area contributed by atoms with Gasteiger partial charge in [-0.2, -0.15) is 0 Å². The van der Waals surface area contributed by atoms with Gasteiger partial charge in [-0.15, -0.1) is 0 Å². The van der Waals surface area contributed by atoms with E-state index in [1.807, 2.05) is 6.20 Å². The van der Waals surface area contributed by atoms with Crippen LogP contribution >= 0.6 is 0 Å². The lowest BCUT2D eigenvalue weighted by Crippen LogP contribution is -1.93. The molecule has 0 bridgehead atoms. The Hall–Kier alpha value is -5.21. The minimum absolute atomic E-state index is 0.974. The molecule has 8 rings (SSSR count). The third-order valence-corrected chi connectivity index (χ3v) is 7.83. The lowest BCUT2D eigenvalue weighted by molar-refractivity contribution is 1.18. The van der Waals surface area contributed by atoms with Crippen molar-refractivity contribution >= 4 is 43.4 Å². The molecule has 0 unspecified atom stereocenters. The molecule has 0 aliphatic rings. The second-order valence-corrected chi connectivity index (χ2v) is 10.0. The van der Waals surface area contributed by atoms with Crippen molar-refractivity contribution in [1.29, 1.82) is 0 Å². The van der Waals surface area contributed by atoms with E-state index in [1.54, 1.807) is 0 Å². The number of aromatic nitrogens is 2. The molecule has 0 atom stereocenters. The molecule has 39 heavy (non-hydrogen) atoms. The van der Waals surface area contributed by atoms with Crippen molar-refractivity contribution in [1.82, 2.24) is 9.55 Å². The summed E-state index contributed by atoms with van der Waals surface area (Å²) in [4.78, 5) is 4.94. The zero-order valence-electron chi connectivity index (χ0n) is 21.3. The maximum absolute atomic E-state index is 4.94. The minimum atomic E-state index is 0.974. The van der Waals surface area contributed by atoms with E-state index in [2.05, 4.69) is 144 Å². The van der Waals surface area contributed by atoms with Crippen LogP contribution in [0.15, 0.2) is 146 Å². The summed E-state index contributed by atoms with van der Waals surface area (Å²) in [7, 11) is 0. The van der Waals surface area contributed by atoms with Crippen LogP contribution in [-0.2, 0) is 0 Å². The Morgan fingerprint density at radius 3 is 1.97 bits per heavy atom. The van der Waals surface area contributed by atoms with Gasteiger partial charge in [0.1, 0.15) is 0 Å². The minimum Gasteiger partial charge on any atom is -0.309 e. The van der Waals surface area contributed by atoms with Crippen LogP contribution in [0.1, 0.15) is 0 Å². The monoisotopic (exact) mass is 496 g/mol. The number of pyridine rings is 1. The van der Waals surface area contributed by atoms with Crippen LogP contribution in [0.25, 0.3) is 71.4 Å². The third kappa shape index (κ3) is 3.46. The fourth-order valence-electron chi connectivity index (χ4n) is 6.01. The fraction of sp³-hybridized carbons (Fsp3) is 0. The lowest BCUT2D eigenvalue weighted by Gasteiger charge is -2.09. The number of para-hydroxylation sites is 1. The first-order valence-corrected chi connectivity index (χ1v) is 13.3. The lowest BCUT2D eigenvalue weighted by atomic mass is 9.98. The van der Waals surface area contributed by atoms with Gasteiger partial charge in [-0.25, -0.2) is 0 Å². The molecule has 0 aliphatic heterocycles. The summed E-state index contributed by atoms with van der Waals surface area (Å²) >= 11 is 0. The molecule has 0 amide bonds. The van der Waals surface area contributed by atoms with Crippen LogP contribution in [-0.4, -0.2) is 9.55 Å². The van der Waals surface area contributed by atoms with Crippen molar-refractivity contribution < 1.29 is 0 Å². The number of nitrogens with zero attached hydrogens (tertiary/aromatic N) is 2. The highest BCUT2D eigenvalue weighted by molar-refractivity contribution is 6.21. The van der Waals surface area contributed by atoms with Crippen LogP contribution in [0.5, 0.6) is 0 Å². The molecule has 0 saturated heterocycles. The van der Waals surface area contributed by atoms with Gasteiger partial charge in [-0.05, 0) is 63.5 Å². The van der Waals surface area contributed by atoms with Gasteiger partial charge >= 0.3 is 0 Å². The van der Waals surface area contributed by atoms with E-state index in [4.69, 9.17) is 4.98 Å². The molecule has 2 aromatic heterocycles. The van der Waals surface area contributed by atoms with Crippen molar-refractivity contribution in [3.8, 4) is 28.1 Å². The number of benzene rings is 6. The second kappa shape index (κ2) is 8.68. The van der Waals surface area contributed by atoms with Crippen molar-refractivity contribution in [3.05, 3.63) is 146 Å². The summed E-state index contributed by atoms with van der Waals surface area (Å²) in [6.07, 6.45) is 2.00. The molecular weight excluding hydrogens is 472 g/mol. The SMILES string of the molecule is c1ccc(-n2c3ccc(-c4ccc(-c5cccc6ccccc56)cn4)cc3c3c4ccccc4ccc32)cc1. The maximum Gasteiger partial charge on any atom is 0.0702 e. The summed E-state index contributed by atoms with van der Waals surface area (Å²) < 4.78 is 2.37. The standard InChI is InChI=1S/C37H24N2/c1-2-12-29(13-3-1)39-35-21-19-27(23-33(35)37-32-15-7-5-10-26(32)18-22-36(37)39)34-20-17-28(24-38-34)31-16-8-11-25-9-4-6-14-30(25)31/h1-24H. The van der Waals surface area contributed by atoms with E-state index in [-0.39, 0.29) is 0 Å². The molecule has 2 heterocycles. The molecule has 0 spiro atoms. The van der Waals surface area contributed by atoms with Gasteiger partial charge in [0.15, 0.2) is 0 Å². The summed E-state index contributed by atoms with van der Waals surface area (Å²) in [5.41, 5.74) is 8.00. The van der Waals surface area contributed by atoms with Crippen LogP contribution < -0.4 is 0 Å². The molecule has 0 saturated carbocycles. The maximum atomic E-state index is 4.94. The zero-order chi connectivity index (χ0) is 25.8. The van der Waals surface area contributed by atoms with E-state index < -0.39 is 0 Å². The molecular formula is C37H24N2. The molecule has 182 valence electrons. The van der Waals surface area contributed by atoms with Gasteiger partial charge in [0.2, 0.25) is 0 Å². The smallest absolute Gasteiger partial charge is 0.0702 e. The van der Waals surface area contributed by atoms with E-state index in [1.165, 1.54) is 48.9 Å². The number of hydrogen-bond donors (Lipinski definition) is 0. The predicted octanol–water partition coefficient (Wildman–Crippen LogP) is 9.82. The molecule has 0 aliphatic carbocycles. The highest BCUT2D eigenvalue weighted by Gasteiger charge is 2.16. The molecule has 8 aromatic rings. The predicted molar refractivity (Wildman–Crippen MR) is 164 cm³/mol. The number of rotatable bonds is 3. The quantitative estimate of drug-likeness (QED) is 0.238. The normalized spacial score (nSPS) is 11.6. The molecule has 0 radical (unpaired) electrons. The molecule has 0 fully saturated rings. The van der Waals surface area contributed by atoms with Crippen LogP contribution in [0.3, 0.4) is 0 Å². The fourth-order valence-corrected chi connectivity index (χ4v) is 6.01. The molecule has 6 aromatic carbocycles. The van der Waals surface area contributed by atoms with Gasteiger partial charge in [-0.1, -0.05) is 103 Å². The largest absolute Gasteiger partial charge is 0.309 e. The highest BCUT2D eigenvalue weighted by atomic mass is 15.0. The zero-order valence-corrected chi connectivity index (χ0v) is 21.3. The van der Waals surface area contributed by atoms with Crippen molar-refractivity contribution in [2.75, 3.05) is 0 Å². The number of hydrogen-bond acceptors (Lipinski definition) is 1. The first kappa shape index (κ1) is 21.8. The Morgan fingerprint density at radius 2 is 1.15 bits per heavy atom. The summed E-state index contributed by atoms with van der Waals surface area (Å²) in [5.74, 6) is 0. The first-order valence-electron chi connectivity index (χ1n) is 13.3. The van der Waals surface area contributed by atoms with E-state index in [0.29, 0.717) is 0 Å².